The molecule has 2 rings (SSSR count). The van der Waals surface area contributed by atoms with Crippen LogP contribution >= 0.6 is 0 Å². The summed E-state index contributed by atoms with van der Waals surface area (Å²) in [5.74, 6) is -1.75. The number of carbonyl (C=O) groups excluding carboxylic acids is 4. The molecule has 12 heteroatoms. The fraction of sp³-hybridized carbons (Fsp3) is 0.467. The largest absolute Gasteiger partial charge is 0.543 e. The number of rotatable bonds is 19. The third-order valence-electron chi connectivity index (χ3n) is 5.96. The summed E-state index contributed by atoms with van der Waals surface area (Å²) in [5, 5.41) is 8.26. The van der Waals surface area contributed by atoms with Crippen LogP contribution in [0.3, 0.4) is 0 Å². The molecule has 0 saturated carbocycles. The molecule has 0 N–H and O–H groups in total. The van der Waals surface area contributed by atoms with E-state index in [1.54, 1.807) is 24.3 Å². The molecule has 0 heterocycles. The number of benzene rings is 2. The van der Waals surface area contributed by atoms with Gasteiger partial charge >= 0.3 is 24.2 Å². The molecule has 0 unspecified atom stereocenters. The highest BCUT2D eigenvalue weighted by Crippen LogP contribution is 2.12. The molecular weight excluding hydrogens is 552 g/mol. The van der Waals surface area contributed by atoms with Gasteiger partial charge in [-0.1, -0.05) is 76.6 Å². The maximum atomic E-state index is 12.0. The second-order valence-corrected chi connectivity index (χ2v) is 9.26. The summed E-state index contributed by atoms with van der Waals surface area (Å²) in [6.07, 6.45) is 8.24. The van der Waals surface area contributed by atoms with Gasteiger partial charge in [0, 0.05) is 0 Å². The highest BCUT2D eigenvalue weighted by Gasteiger charge is 2.14. The van der Waals surface area contributed by atoms with E-state index in [1.165, 1.54) is 12.8 Å². The third kappa shape index (κ3) is 14.5. The van der Waals surface area contributed by atoms with Gasteiger partial charge in [-0.2, -0.15) is 0 Å². The third-order valence-corrected chi connectivity index (χ3v) is 5.96. The predicted octanol–water partition coefficient (Wildman–Crippen LogP) is 6.95. The van der Waals surface area contributed by atoms with Gasteiger partial charge in [0.2, 0.25) is 0 Å². The summed E-state index contributed by atoms with van der Waals surface area (Å²) in [6, 6.07) is 13.6. The van der Waals surface area contributed by atoms with Crippen molar-refractivity contribution in [1.29, 1.82) is 0 Å². The van der Waals surface area contributed by atoms with E-state index in [1.807, 2.05) is 24.3 Å². The van der Waals surface area contributed by atoms with Crippen molar-refractivity contribution in [3.8, 4) is 0 Å². The zero-order valence-corrected chi connectivity index (χ0v) is 24.0. The Bertz CT molecular complexity index is 995. The number of ether oxygens (including phenoxy) is 2. The number of hydrogen-bond acceptors (Lipinski definition) is 12. The Morgan fingerprint density at radius 3 is 1.24 bits per heavy atom. The van der Waals surface area contributed by atoms with Crippen LogP contribution in [0.5, 0.6) is 0 Å². The number of hydrogen-bond donors (Lipinski definition) is 0. The van der Waals surface area contributed by atoms with E-state index in [4.69, 9.17) is 0 Å². The number of carbonyl (C=O) groups is 4. The standard InChI is InChI=1S/C30H38O12/c1-3-5-7-9-11-23-13-17-25(18-14-23)27(31)37-41-39-29(33)35-21-22-36-30(34)40-42-38-28(32)26-19-15-24(16-20-26)12-10-8-6-4-2/h13-20H,3-12,21-22H2,1-2H3. The molecule has 0 aliphatic carbocycles. The molecule has 230 valence electrons. The Morgan fingerprint density at radius 2 is 0.881 bits per heavy atom. The zero-order chi connectivity index (χ0) is 30.4. The molecule has 0 bridgehead atoms. The Kier molecular flexibility index (Phi) is 16.8. The van der Waals surface area contributed by atoms with Crippen molar-refractivity contribution < 1.29 is 58.3 Å². The van der Waals surface area contributed by atoms with Crippen LogP contribution < -0.4 is 0 Å². The molecule has 0 atom stereocenters. The Labute approximate surface area is 244 Å². The summed E-state index contributed by atoms with van der Waals surface area (Å²) in [5.41, 5.74) is 2.59. The average molecular weight is 591 g/mol. The number of aryl methyl sites for hydroxylation is 2. The van der Waals surface area contributed by atoms with Gasteiger partial charge in [-0.25, -0.2) is 29.0 Å². The van der Waals surface area contributed by atoms with Gasteiger partial charge in [0.25, 0.3) is 0 Å². The molecule has 12 nitrogen and oxygen atoms in total. The first-order chi connectivity index (χ1) is 20.4. The van der Waals surface area contributed by atoms with Gasteiger partial charge in [-0.05, 0) is 61.1 Å². The summed E-state index contributed by atoms with van der Waals surface area (Å²) in [7, 11) is 0. The van der Waals surface area contributed by atoms with Crippen LogP contribution in [-0.2, 0) is 51.9 Å². The zero-order valence-electron chi connectivity index (χ0n) is 24.0. The lowest BCUT2D eigenvalue weighted by Gasteiger charge is -2.06. The van der Waals surface area contributed by atoms with Crippen molar-refractivity contribution in [1.82, 2.24) is 0 Å². The van der Waals surface area contributed by atoms with Gasteiger partial charge in [0.15, 0.2) is 0 Å². The van der Waals surface area contributed by atoms with Gasteiger partial charge in [-0.3, -0.25) is 9.78 Å². The Hall–Kier alpha value is -4.16. The average Bonchev–Trinajstić information content (AvgIpc) is 3.00. The molecule has 0 saturated heterocycles. The second kappa shape index (κ2) is 20.7. The van der Waals surface area contributed by atoms with E-state index >= 15 is 0 Å². The minimum atomic E-state index is -1.36. The first-order valence-electron chi connectivity index (χ1n) is 14.0. The van der Waals surface area contributed by atoms with Crippen molar-refractivity contribution in [2.24, 2.45) is 0 Å². The molecule has 2 aromatic rings. The molecule has 0 spiro atoms. The maximum Gasteiger partial charge on any atom is 0.543 e. The van der Waals surface area contributed by atoms with Crippen molar-refractivity contribution >= 4 is 24.2 Å². The van der Waals surface area contributed by atoms with E-state index in [0.29, 0.717) is 0 Å². The fourth-order valence-electron chi connectivity index (χ4n) is 3.67. The van der Waals surface area contributed by atoms with Crippen molar-refractivity contribution in [2.45, 2.75) is 78.1 Å². The molecular formula is C30H38O12. The lowest BCUT2D eigenvalue weighted by atomic mass is 10.0. The van der Waals surface area contributed by atoms with E-state index in [0.717, 1.165) is 62.5 Å². The van der Waals surface area contributed by atoms with Crippen LogP contribution in [0.2, 0.25) is 0 Å². The first-order valence-corrected chi connectivity index (χ1v) is 14.0. The van der Waals surface area contributed by atoms with E-state index in [9.17, 15) is 19.2 Å². The van der Waals surface area contributed by atoms with Crippen LogP contribution in [0.15, 0.2) is 48.5 Å². The molecule has 0 radical (unpaired) electrons. The molecule has 2 aromatic carbocycles. The predicted molar refractivity (Wildman–Crippen MR) is 146 cm³/mol. The van der Waals surface area contributed by atoms with Crippen molar-refractivity contribution in [2.75, 3.05) is 13.2 Å². The fourth-order valence-corrected chi connectivity index (χ4v) is 3.67. The normalized spacial score (nSPS) is 10.4. The van der Waals surface area contributed by atoms with Crippen molar-refractivity contribution in [3.63, 3.8) is 0 Å². The topological polar surface area (TPSA) is 142 Å². The van der Waals surface area contributed by atoms with Crippen molar-refractivity contribution in [3.05, 3.63) is 70.8 Å². The summed E-state index contributed by atoms with van der Waals surface area (Å²) < 4.78 is 9.12. The summed E-state index contributed by atoms with van der Waals surface area (Å²) >= 11 is 0. The monoisotopic (exact) mass is 590 g/mol. The smallest absolute Gasteiger partial charge is 0.429 e. The van der Waals surface area contributed by atoms with Crippen LogP contribution in [0.4, 0.5) is 9.59 Å². The summed E-state index contributed by atoms with van der Waals surface area (Å²) in [4.78, 5) is 63.9. The molecule has 0 aliphatic rings. The van der Waals surface area contributed by atoms with Crippen LogP contribution in [0.25, 0.3) is 0 Å². The highest BCUT2D eigenvalue weighted by molar-refractivity contribution is 5.89. The van der Waals surface area contributed by atoms with Crippen LogP contribution in [0.1, 0.15) is 97.1 Å². The lowest BCUT2D eigenvalue weighted by Crippen LogP contribution is -2.17. The minimum absolute atomic E-state index is 0.204. The first kappa shape index (κ1) is 34.0. The molecule has 0 amide bonds. The van der Waals surface area contributed by atoms with Gasteiger partial charge < -0.3 is 9.47 Å². The molecule has 0 fully saturated rings. The lowest BCUT2D eigenvalue weighted by molar-refractivity contribution is -0.453. The van der Waals surface area contributed by atoms with Gasteiger partial charge in [-0.15, -0.1) is 0 Å². The molecule has 0 aromatic heterocycles. The quantitative estimate of drug-likeness (QED) is 0.0723. The SMILES string of the molecule is CCCCCCc1ccc(C(=O)OOOC(=O)OCCOC(=O)OOOC(=O)c2ccc(CCCCCC)cc2)cc1. The number of unbranched alkanes of at least 4 members (excludes halogenated alkanes) is 6. The summed E-state index contributed by atoms with van der Waals surface area (Å²) in [6.45, 7) is 3.37. The van der Waals surface area contributed by atoms with Crippen LogP contribution in [0, 0.1) is 0 Å². The maximum absolute atomic E-state index is 12.0. The van der Waals surface area contributed by atoms with E-state index in [2.05, 4.69) is 52.9 Å². The van der Waals surface area contributed by atoms with E-state index < -0.39 is 37.5 Å². The minimum Gasteiger partial charge on any atom is -0.429 e. The molecule has 0 aliphatic heterocycles. The van der Waals surface area contributed by atoms with Crippen LogP contribution in [-0.4, -0.2) is 37.5 Å². The van der Waals surface area contributed by atoms with Gasteiger partial charge in [0.05, 0.1) is 21.2 Å². The highest BCUT2D eigenvalue weighted by atomic mass is 17.5. The Balaban J connectivity index is 1.51. The van der Waals surface area contributed by atoms with Gasteiger partial charge in [0.1, 0.15) is 13.2 Å². The second-order valence-electron chi connectivity index (χ2n) is 9.26. The molecule has 42 heavy (non-hydrogen) atoms. The van der Waals surface area contributed by atoms with E-state index in [-0.39, 0.29) is 11.1 Å². The Morgan fingerprint density at radius 1 is 0.500 bits per heavy atom.